The highest BCUT2D eigenvalue weighted by atomic mass is 16.3. The molecule has 0 saturated carbocycles. The van der Waals surface area contributed by atoms with Crippen LogP contribution < -0.4 is 17.2 Å². The van der Waals surface area contributed by atoms with E-state index in [4.69, 9.17) is 22.3 Å². The fraction of sp³-hybridized carbons (Fsp3) is 0.600. The third kappa shape index (κ3) is 3.21. The van der Waals surface area contributed by atoms with Crippen LogP contribution in [0.1, 0.15) is 6.42 Å². The van der Waals surface area contributed by atoms with Gasteiger partial charge < -0.3 is 5.11 Å². The standard InChI is InChI=1S/C5H13N3O/c1-2-3-4(9)5(6,7)8/h2,4,9H,1,3,6-8H2/t4-/m0/s1. The second-order valence-corrected chi connectivity index (χ2v) is 2.04. The molecule has 0 amide bonds. The molecule has 0 aromatic rings. The van der Waals surface area contributed by atoms with Crippen molar-refractivity contribution in [2.45, 2.75) is 18.3 Å². The topological polar surface area (TPSA) is 98.3 Å². The Morgan fingerprint density at radius 3 is 2.11 bits per heavy atom. The van der Waals surface area contributed by atoms with E-state index in [-0.39, 0.29) is 0 Å². The third-order valence-corrected chi connectivity index (χ3v) is 0.967. The van der Waals surface area contributed by atoms with Crippen LogP contribution in [0.15, 0.2) is 12.7 Å². The van der Waals surface area contributed by atoms with Gasteiger partial charge in [-0.05, 0) is 6.42 Å². The van der Waals surface area contributed by atoms with Gasteiger partial charge in [-0.1, -0.05) is 6.08 Å². The molecule has 7 N–H and O–H groups in total. The zero-order valence-electron chi connectivity index (χ0n) is 5.25. The predicted molar refractivity (Wildman–Crippen MR) is 36.1 cm³/mol. The van der Waals surface area contributed by atoms with Crippen molar-refractivity contribution < 1.29 is 5.11 Å². The maximum atomic E-state index is 8.94. The van der Waals surface area contributed by atoms with Gasteiger partial charge in [0.1, 0.15) is 11.9 Å². The molecule has 0 heterocycles. The van der Waals surface area contributed by atoms with Crippen molar-refractivity contribution in [1.82, 2.24) is 0 Å². The van der Waals surface area contributed by atoms with Crippen LogP contribution >= 0.6 is 0 Å². The molecule has 0 aliphatic carbocycles. The summed E-state index contributed by atoms with van der Waals surface area (Å²) >= 11 is 0. The minimum Gasteiger partial charge on any atom is -0.388 e. The van der Waals surface area contributed by atoms with E-state index in [9.17, 15) is 0 Å². The first-order valence-corrected chi connectivity index (χ1v) is 2.64. The van der Waals surface area contributed by atoms with Crippen LogP contribution in [0.3, 0.4) is 0 Å². The van der Waals surface area contributed by atoms with E-state index in [1.807, 2.05) is 0 Å². The fourth-order valence-corrected chi connectivity index (χ4v) is 0.362. The van der Waals surface area contributed by atoms with Crippen LogP contribution in [0, 0.1) is 0 Å². The summed E-state index contributed by atoms with van der Waals surface area (Å²) < 4.78 is 0. The summed E-state index contributed by atoms with van der Waals surface area (Å²) in [6.45, 7) is 3.39. The first kappa shape index (κ1) is 8.58. The molecule has 0 aromatic heterocycles. The molecule has 4 heteroatoms. The zero-order valence-corrected chi connectivity index (χ0v) is 5.25. The van der Waals surface area contributed by atoms with Crippen molar-refractivity contribution in [2.75, 3.05) is 0 Å². The SMILES string of the molecule is C=CC[C@H](O)C(N)(N)N. The summed E-state index contributed by atoms with van der Waals surface area (Å²) in [5, 5.41) is 8.94. The molecule has 0 aliphatic rings. The molecule has 0 saturated heterocycles. The van der Waals surface area contributed by atoms with Gasteiger partial charge in [0.25, 0.3) is 0 Å². The lowest BCUT2D eigenvalue weighted by atomic mass is 10.1. The molecular weight excluding hydrogens is 118 g/mol. The second-order valence-electron chi connectivity index (χ2n) is 2.04. The normalized spacial score (nSPS) is 15.1. The van der Waals surface area contributed by atoms with Crippen LogP contribution in [-0.2, 0) is 0 Å². The zero-order chi connectivity index (χ0) is 7.49. The Labute approximate surface area is 54.3 Å². The molecular formula is C5H13N3O. The van der Waals surface area contributed by atoms with Crippen LogP contribution in [0.2, 0.25) is 0 Å². The van der Waals surface area contributed by atoms with Gasteiger partial charge in [-0.25, -0.2) is 0 Å². The van der Waals surface area contributed by atoms with E-state index >= 15 is 0 Å². The van der Waals surface area contributed by atoms with Gasteiger partial charge in [0.2, 0.25) is 0 Å². The predicted octanol–water partition coefficient (Wildman–Crippen LogP) is -1.55. The lowest BCUT2D eigenvalue weighted by Crippen LogP contribution is -2.65. The van der Waals surface area contributed by atoms with Crippen LogP contribution in [0.25, 0.3) is 0 Å². The Balaban J connectivity index is 3.72. The third-order valence-electron chi connectivity index (χ3n) is 0.967. The second kappa shape index (κ2) is 2.93. The smallest absolute Gasteiger partial charge is 0.143 e. The molecule has 0 unspecified atom stereocenters. The highest BCUT2D eigenvalue weighted by Crippen LogP contribution is 1.97. The minimum absolute atomic E-state index is 0.309. The van der Waals surface area contributed by atoms with E-state index in [1.165, 1.54) is 6.08 Å². The Kier molecular flexibility index (Phi) is 2.80. The van der Waals surface area contributed by atoms with Gasteiger partial charge in [0.05, 0.1) is 0 Å². The first-order valence-electron chi connectivity index (χ1n) is 2.64. The van der Waals surface area contributed by atoms with Crippen molar-refractivity contribution in [1.29, 1.82) is 0 Å². The lowest BCUT2D eigenvalue weighted by Gasteiger charge is -2.23. The van der Waals surface area contributed by atoms with E-state index in [0.29, 0.717) is 6.42 Å². The molecule has 54 valence electrons. The summed E-state index contributed by atoms with van der Waals surface area (Å²) in [4.78, 5) is 0. The van der Waals surface area contributed by atoms with E-state index < -0.39 is 11.9 Å². The number of hydrogen-bond donors (Lipinski definition) is 4. The average Bonchev–Trinajstić information content (AvgIpc) is 1.64. The molecule has 4 nitrogen and oxygen atoms in total. The number of nitrogens with two attached hydrogens (primary N) is 3. The molecule has 0 rings (SSSR count). The van der Waals surface area contributed by atoms with Crippen LogP contribution in [0.5, 0.6) is 0 Å². The van der Waals surface area contributed by atoms with E-state index in [1.54, 1.807) is 0 Å². The quantitative estimate of drug-likeness (QED) is 0.275. The molecule has 1 atom stereocenters. The number of rotatable bonds is 3. The summed E-state index contributed by atoms with van der Waals surface area (Å²) in [6, 6.07) is 0. The molecule has 0 aromatic carbocycles. The first-order chi connectivity index (χ1) is 3.98. The molecule has 0 fully saturated rings. The molecule has 0 radical (unpaired) electrons. The number of hydrogen-bond acceptors (Lipinski definition) is 4. The highest BCUT2D eigenvalue weighted by Gasteiger charge is 2.21. The number of aliphatic hydroxyl groups is 1. The van der Waals surface area contributed by atoms with Crippen molar-refractivity contribution in [3.05, 3.63) is 12.7 Å². The molecule has 0 aliphatic heterocycles. The van der Waals surface area contributed by atoms with Gasteiger partial charge in [-0.2, -0.15) is 0 Å². The summed E-state index contributed by atoms with van der Waals surface area (Å²) in [5.74, 6) is -1.51. The maximum absolute atomic E-state index is 8.94. The highest BCUT2D eigenvalue weighted by molar-refractivity contribution is 4.84. The van der Waals surface area contributed by atoms with Crippen molar-refractivity contribution in [2.24, 2.45) is 17.2 Å². The Morgan fingerprint density at radius 2 is 2.00 bits per heavy atom. The maximum Gasteiger partial charge on any atom is 0.143 e. The van der Waals surface area contributed by atoms with Crippen molar-refractivity contribution in [3.8, 4) is 0 Å². The number of aliphatic hydroxyl groups excluding tert-OH is 1. The Bertz CT molecular complexity index is 96.9. The van der Waals surface area contributed by atoms with Crippen LogP contribution in [-0.4, -0.2) is 17.0 Å². The summed E-state index contributed by atoms with van der Waals surface area (Å²) in [7, 11) is 0. The Morgan fingerprint density at radius 1 is 1.56 bits per heavy atom. The van der Waals surface area contributed by atoms with Crippen LogP contribution in [0.4, 0.5) is 0 Å². The van der Waals surface area contributed by atoms with Crippen molar-refractivity contribution in [3.63, 3.8) is 0 Å². The molecule has 9 heavy (non-hydrogen) atoms. The molecule has 0 bridgehead atoms. The van der Waals surface area contributed by atoms with Gasteiger partial charge in [-0.3, -0.25) is 17.2 Å². The fourth-order valence-electron chi connectivity index (χ4n) is 0.362. The lowest BCUT2D eigenvalue weighted by molar-refractivity contribution is 0.0932. The monoisotopic (exact) mass is 131 g/mol. The minimum atomic E-state index is -1.51. The van der Waals surface area contributed by atoms with Gasteiger partial charge in [0, 0.05) is 0 Å². The largest absolute Gasteiger partial charge is 0.388 e. The Hall–Kier alpha value is -0.420. The van der Waals surface area contributed by atoms with Crippen molar-refractivity contribution >= 4 is 0 Å². The van der Waals surface area contributed by atoms with Gasteiger partial charge >= 0.3 is 0 Å². The molecule has 0 spiro atoms. The van der Waals surface area contributed by atoms with E-state index in [0.717, 1.165) is 0 Å². The van der Waals surface area contributed by atoms with Gasteiger partial charge in [-0.15, -0.1) is 6.58 Å². The van der Waals surface area contributed by atoms with E-state index in [2.05, 4.69) is 6.58 Å². The van der Waals surface area contributed by atoms with Gasteiger partial charge in [0.15, 0.2) is 0 Å². The average molecular weight is 131 g/mol. The summed E-state index contributed by atoms with van der Waals surface area (Å²) in [5.41, 5.74) is 15.4. The summed E-state index contributed by atoms with van der Waals surface area (Å²) in [6.07, 6.45) is 0.894.